The maximum absolute atomic E-state index is 6.03. The molecule has 0 aliphatic carbocycles. The van der Waals surface area contributed by atoms with Gasteiger partial charge in [0.1, 0.15) is 0 Å². The zero-order chi connectivity index (χ0) is 10.6. The maximum Gasteiger partial charge on any atom is 0.0456 e. The molecule has 0 bridgehead atoms. The van der Waals surface area contributed by atoms with Crippen LogP contribution in [-0.4, -0.2) is 5.88 Å². The van der Waals surface area contributed by atoms with Gasteiger partial charge in [-0.3, -0.25) is 0 Å². The van der Waals surface area contributed by atoms with Crippen molar-refractivity contribution < 1.29 is 0 Å². The Bertz CT molecular complexity index is 322. The van der Waals surface area contributed by atoms with Crippen LogP contribution in [0.15, 0.2) is 29.8 Å². The van der Waals surface area contributed by atoms with E-state index in [0.717, 1.165) is 12.0 Å². The first-order chi connectivity index (χ1) is 6.65. The molecule has 0 amide bonds. The van der Waals surface area contributed by atoms with Gasteiger partial charge in [-0.2, -0.15) is 0 Å². The van der Waals surface area contributed by atoms with Gasteiger partial charge in [-0.25, -0.2) is 0 Å². The van der Waals surface area contributed by atoms with Crippen LogP contribution < -0.4 is 0 Å². The molecule has 0 saturated heterocycles. The van der Waals surface area contributed by atoms with E-state index in [9.17, 15) is 0 Å². The highest BCUT2D eigenvalue weighted by atomic mass is 35.5. The van der Waals surface area contributed by atoms with Gasteiger partial charge >= 0.3 is 0 Å². The molecule has 0 aliphatic heterocycles. The summed E-state index contributed by atoms with van der Waals surface area (Å²) in [5.41, 5.74) is 2.14. The number of hydrogen-bond donors (Lipinski definition) is 0. The van der Waals surface area contributed by atoms with Gasteiger partial charge in [0.25, 0.3) is 0 Å². The van der Waals surface area contributed by atoms with Crippen LogP contribution in [0.4, 0.5) is 0 Å². The van der Waals surface area contributed by atoms with Gasteiger partial charge < -0.3 is 0 Å². The van der Waals surface area contributed by atoms with Crippen LogP contribution in [0.5, 0.6) is 0 Å². The highest BCUT2D eigenvalue weighted by Gasteiger charge is 2.05. The molecule has 0 aliphatic rings. The number of rotatable bonds is 3. The standard InChI is InChI=1S/C11H11Cl3/c1-8(5-6-12)7-9-10(13)3-2-4-11(9)14/h2-5H,6-7H2,1H3/b8-5-. The molecule has 0 radical (unpaired) electrons. The quantitative estimate of drug-likeness (QED) is 0.537. The molecule has 0 N–H and O–H groups in total. The Hall–Kier alpha value is -0.170. The van der Waals surface area contributed by atoms with Crippen LogP contribution in [0.3, 0.4) is 0 Å². The summed E-state index contributed by atoms with van der Waals surface area (Å²) in [4.78, 5) is 0. The van der Waals surface area contributed by atoms with Gasteiger partial charge in [-0.15, -0.1) is 11.6 Å². The third-order valence-corrected chi connectivity index (χ3v) is 2.81. The van der Waals surface area contributed by atoms with E-state index >= 15 is 0 Å². The van der Waals surface area contributed by atoms with Gasteiger partial charge in [0.05, 0.1) is 0 Å². The van der Waals surface area contributed by atoms with Crippen molar-refractivity contribution >= 4 is 34.8 Å². The minimum atomic E-state index is 0.522. The van der Waals surface area contributed by atoms with Crippen LogP contribution in [0.25, 0.3) is 0 Å². The fraction of sp³-hybridized carbons (Fsp3) is 0.273. The van der Waals surface area contributed by atoms with Crippen molar-refractivity contribution in [3.05, 3.63) is 45.5 Å². The molecular formula is C11H11Cl3. The topological polar surface area (TPSA) is 0 Å². The Balaban J connectivity index is 2.91. The van der Waals surface area contributed by atoms with E-state index in [2.05, 4.69) is 0 Å². The van der Waals surface area contributed by atoms with Crippen molar-refractivity contribution in [1.29, 1.82) is 0 Å². The number of halogens is 3. The van der Waals surface area contributed by atoms with Crippen LogP contribution in [0, 0.1) is 0 Å². The first-order valence-electron chi connectivity index (χ1n) is 4.29. The fourth-order valence-electron chi connectivity index (χ4n) is 1.18. The van der Waals surface area contributed by atoms with Gasteiger partial charge in [-0.1, -0.05) is 40.9 Å². The lowest BCUT2D eigenvalue weighted by atomic mass is 10.1. The minimum Gasteiger partial charge on any atom is -0.122 e. The summed E-state index contributed by atoms with van der Waals surface area (Å²) in [6.45, 7) is 2.02. The van der Waals surface area contributed by atoms with Gasteiger partial charge in [0.15, 0.2) is 0 Å². The molecule has 1 rings (SSSR count). The van der Waals surface area contributed by atoms with Crippen molar-refractivity contribution in [2.75, 3.05) is 5.88 Å². The number of hydrogen-bond acceptors (Lipinski definition) is 0. The average molecular weight is 250 g/mol. The Labute approximate surface area is 99.5 Å². The summed E-state index contributed by atoms with van der Waals surface area (Å²) in [6, 6.07) is 5.53. The zero-order valence-electron chi connectivity index (χ0n) is 7.86. The highest BCUT2D eigenvalue weighted by Crippen LogP contribution is 2.26. The van der Waals surface area contributed by atoms with E-state index in [1.54, 1.807) is 0 Å². The van der Waals surface area contributed by atoms with E-state index in [1.165, 1.54) is 5.57 Å². The molecule has 1 aromatic carbocycles. The molecule has 3 heteroatoms. The SMILES string of the molecule is C/C(=C/CCl)Cc1c(Cl)cccc1Cl. The van der Waals surface area contributed by atoms with Crippen molar-refractivity contribution in [3.8, 4) is 0 Å². The van der Waals surface area contributed by atoms with Crippen molar-refractivity contribution in [2.45, 2.75) is 13.3 Å². The van der Waals surface area contributed by atoms with Crippen LogP contribution >= 0.6 is 34.8 Å². The summed E-state index contributed by atoms with van der Waals surface area (Å²) >= 11 is 17.7. The van der Waals surface area contributed by atoms with Crippen LogP contribution in [0.1, 0.15) is 12.5 Å². The third kappa shape index (κ3) is 3.20. The fourth-order valence-corrected chi connectivity index (χ4v) is 1.98. The van der Waals surface area contributed by atoms with E-state index < -0.39 is 0 Å². The third-order valence-electron chi connectivity index (χ3n) is 1.94. The smallest absolute Gasteiger partial charge is 0.0456 e. The molecule has 0 unspecified atom stereocenters. The lowest BCUT2D eigenvalue weighted by Crippen LogP contribution is -1.90. The van der Waals surface area contributed by atoms with Gasteiger partial charge in [-0.05, 0) is 31.0 Å². The second-order valence-electron chi connectivity index (χ2n) is 3.08. The normalized spacial score (nSPS) is 11.9. The first kappa shape index (κ1) is 11.9. The number of benzene rings is 1. The first-order valence-corrected chi connectivity index (χ1v) is 5.58. The van der Waals surface area contributed by atoms with Gasteiger partial charge in [0.2, 0.25) is 0 Å². The Morgan fingerprint density at radius 2 is 1.86 bits per heavy atom. The van der Waals surface area contributed by atoms with E-state index in [0.29, 0.717) is 15.9 Å². The molecule has 76 valence electrons. The number of allylic oxidation sites excluding steroid dienone is 2. The lowest BCUT2D eigenvalue weighted by Gasteiger charge is -2.06. The molecule has 0 saturated carbocycles. The Morgan fingerprint density at radius 1 is 1.29 bits per heavy atom. The predicted molar refractivity (Wildman–Crippen MR) is 64.6 cm³/mol. The average Bonchev–Trinajstić information content (AvgIpc) is 2.12. The molecule has 0 nitrogen and oxygen atoms in total. The molecule has 14 heavy (non-hydrogen) atoms. The summed E-state index contributed by atoms with van der Waals surface area (Å²) in [5.74, 6) is 0.522. The van der Waals surface area contributed by atoms with Crippen LogP contribution in [-0.2, 0) is 6.42 Å². The van der Waals surface area contributed by atoms with Crippen molar-refractivity contribution in [3.63, 3.8) is 0 Å². The van der Waals surface area contributed by atoms with E-state index in [4.69, 9.17) is 34.8 Å². The zero-order valence-corrected chi connectivity index (χ0v) is 10.1. The number of alkyl halides is 1. The molecule has 0 spiro atoms. The molecule has 0 fully saturated rings. The second-order valence-corrected chi connectivity index (χ2v) is 4.20. The van der Waals surface area contributed by atoms with Gasteiger partial charge in [0, 0.05) is 15.9 Å². The van der Waals surface area contributed by atoms with E-state index in [1.807, 2.05) is 31.2 Å². The Kier molecular flexibility index (Phi) is 4.80. The summed E-state index contributed by atoms with van der Waals surface area (Å²) < 4.78 is 0. The molecule has 1 aromatic rings. The summed E-state index contributed by atoms with van der Waals surface area (Å²) in [5, 5.41) is 1.42. The van der Waals surface area contributed by atoms with E-state index in [-0.39, 0.29) is 0 Å². The van der Waals surface area contributed by atoms with Crippen molar-refractivity contribution in [1.82, 2.24) is 0 Å². The Morgan fingerprint density at radius 3 is 2.36 bits per heavy atom. The molecular weight excluding hydrogens is 238 g/mol. The second kappa shape index (κ2) is 5.65. The van der Waals surface area contributed by atoms with Crippen LogP contribution in [0.2, 0.25) is 10.0 Å². The lowest BCUT2D eigenvalue weighted by molar-refractivity contribution is 1.14. The monoisotopic (exact) mass is 248 g/mol. The highest BCUT2D eigenvalue weighted by molar-refractivity contribution is 6.36. The molecule has 0 heterocycles. The largest absolute Gasteiger partial charge is 0.122 e. The van der Waals surface area contributed by atoms with Crippen molar-refractivity contribution in [2.24, 2.45) is 0 Å². The summed E-state index contributed by atoms with van der Waals surface area (Å²) in [6.07, 6.45) is 2.71. The summed E-state index contributed by atoms with van der Waals surface area (Å²) in [7, 11) is 0. The molecule has 0 aromatic heterocycles. The molecule has 0 atom stereocenters. The maximum atomic E-state index is 6.03. The predicted octanol–water partition coefficient (Wildman–Crippen LogP) is 4.72. The minimum absolute atomic E-state index is 0.522.